The lowest BCUT2D eigenvalue weighted by Gasteiger charge is -2.03. The van der Waals surface area contributed by atoms with Gasteiger partial charge >= 0.3 is 0 Å². The highest BCUT2D eigenvalue weighted by Crippen LogP contribution is 2.18. The van der Waals surface area contributed by atoms with Crippen LogP contribution in [-0.2, 0) is 0 Å². The van der Waals surface area contributed by atoms with Crippen LogP contribution in [0.1, 0.15) is 21.5 Å². The van der Waals surface area contributed by atoms with Crippen molar-refractivity contribution in [3.8, 4) is 6.07 Å². The molecule has 2 aromatic rings. The van der Waals surface area contributed by atoms with Crippen molar-refractivity contribution in [1.82, 2.24) is 0 Å². The molecule has 3 nitrogen and oxygen atoms in total. The molecule has 2 rings (SSSR count). The third-order valence-corrected chi connectivity index (χ3v) is 2.73. The molecule has 0 spiro atoms. The Hall–Kier alpha value is -2.93. The van der Waals surface area contributed by atoms with Gasteiger partial charge in [0, 0.05) is 0 Å². The Morgan fingerprint density at radius 2 is 1.60 bits per heavy atom. The van der Waals surface area contributed by atoms with Crippen molar-refractivity contribution in [3.05, 3.63) is 71.0 Å². The molecule has 0 unspecified atom stereocenters. The summed E-state index contributed by atoms with van der Waals surface area (Å²) < 4.78 is 12.8. The second-order valence-corrected chi connectivity index (χ2v) is 4.09. The van der Waals surface area contributed by atoms with Crippen LogP contribution in [0, 0.1) is 17.1 Å². The normalized spacial score (nSPS) is 10.9. The monoisotopic (exact) mass is 266 g/mol. The summed E-state index contributed by atoms with van der Waals surface area (Å²) in [7, 11) is 0. The molecule has 0 aliphatic carbocycles. The highest BCUT2D eigenvalue weighted by atomic mass is 19.1. The van der Waals surface area contributed by atoms with Crippen LogP contribution in [-0.4, -0.2) is 5.97 Å². The lowest BCUT2D eigenvalue weighted by atomic mass is 10.0. The number of benzene rings is 2. The second-order valence-electron chi connectivity index (χ2n) is 4.09. The van der Waals surface area contributed by atoms with E-state index < -0.39 is 5.97 Å². The zero-order valence-corrected chi connectivity index (χ0v) is 10.3. The summed E-state index contributed by atoms with van der Waals surface area (Å²) in [5, 5.41) is 19.8. The summed E-state index contributed by atoms with van der Waals surface area (Å²) in [5.74, 6) is -1.62. The van der Waals surface area contributed by atoms with E-state index in [-0.39, 0.29) is 11.4 Å². The van der Waals surface area contributed by atoms with Crippen LogP contribution in [0.5, 0.6) is 0 Å². The van der Waals surface area contributed by atoms with E-state index in [1.807, 2.05) is 6.07 Å². The zero-order valence-electron chi connectivity index (χ0n) is 10.3. The number of aromatic carboxylic acids is 1. The first-order chi connectivity index (χ1) is 9.60. The van der Waals surface area contributed by atoms with Gasteiger partial charge in [0.25, 0.3) is 0 Å². The Kier molecular flexibility index (Phi) is 3.92. The van der Waals surface area contributed by atoms with Crippen LogP contribution in [0.2, 0.25) is 0 Å². The van der Waals surface area contributed by atoms with Crippen molar-refractivity contribution in [2.24, 2.45) is 0 Å². The van der Waals surface area contributed by atoms with Crippen molar-refractivity contribution in [2.75, 3.05) is 0 Å². The second kappa shape index (κ2) is 5.81. The van der Waals surface area contributed by atoms with Gasteiger partial charge < -0.3 is 9.90 Å². The molecule has 0 atom stereocenters. The Labute approximate surface area is 115 Å². The maximum Gasteiger partial charge on any atom is 0.123 e. The number of hydrogen-bond donors (Lipinski definition) is 0. The molecule has 0 saturated carbocycles. The van der Waals surface area contributed by atoms with Gasteiger partial charge in [-0.3, -0.25) is 0 Å². The van der Waals surface area contributed by atoms with Crippen molar-refractivity contribution in [2.45, 2.75) is 0 Å². The Morgan fingerprint density at radius 1 is 1.05 bits per heavy atom. The maximum atomic E-state index is 12.8. The third-order valence-electron chi connectivity index (χ3n) is 2.73. The predicted molar refractivity (Wildman–Crippen MR) is 70.7 cm³/mol. The number of carbonyl (C=O) groups excluding carboxylic acids is 1. The van der Waals surface area contributed by atoms with Gasteiger partial charge in [0.05, 0.1) is 17.6 Å². The van der Waals surface area contributed by atoms with Gasteiger partial charge in [-0.25, -0.2) is 4.39 Å². The SMILES string of the molecule is N#C/C(=C/c1ccc(C(=O)[O-])cc1)c1ccc(F)cc1. The minimum atomic E-state index is -1.25. The molecule has 0 radical (unpaired) electrons. The van der Waals surface area contributed by atoms with Crippen molar-refractivity contribution >= 4 is 17.6 Å². The molecule has 0 aliphatic heterocycles. The van der Waals surface area contributed by atoms with Gasteiger partial charge in [-0.2, -0.15) is 5.26 Å². The first-order valence-electron chi connectivity index (χ1n) is 5.79. The first-order valence-corrected chi connectivity index (χ1v) is 5.79. The minimum Gasteiger partial charge on any atom is -0.545 e. The number of carboxylic acid groups (broad SMARTS) is 1. The first kappa shape index (κ1) is 13.5. The summed E-state index contributed by atoms with van der Waals surface area (Å²) in [6.07, 6.45) is 1.60. The van der Waals surface area contributed by atoms with Crippen LogP contribution >= 0.6 is 0 Å². The fourth-order valence-electron chi connectivity index (χ4n) is 1.69. The molecular weight excluding hydrogens is 257 g/mol. The number of allylic oxidation sites excluding steroid dienone is 1. The fraction of sp³-hybridized carbons (Fsp3) is 0. The van der Waals surface area contributed by atoms with E-state index in [4.69, 9.17) is 5.26 Å². The van der Waals surface area contributed by atoms with E-state index in [1.165, 1.54) is 36.4 Å². The van der Waals surface area contributed by atoms with Crippen LogP contribution in [0.3, 0.4) is 0 Å². The topological polar surface area (TPSA) is 63.9 Å². The molecule has 0 N–H and O–H groups in total. The largest absolute Gasteiger partial charge is 0.545 e. The number of hydrogen-bond acceptors (Lipinski definition) is 3. The molecule has 0 fully saturated rings. The third kappa shape index (κ3) is 3.09. The molecule has 4 heteroatoms. The Balaban J connectivity index is 2.34. The van der Waals surface area contributed by atoms with E-state index in [0.717, 1.165) is 0 Å². The van der Waals surface area contributed by atoms with Gasteiger partial charge in [-0.15, -0.1) is 0 Å². The Bertz CT molecular complexity index is 695. The van der Waals surface area contributed by atoms with Gasteiger partial charge in [-0.1, -0.05) is 36.4 Å². The highest BCUT2D eigenvalue weighted by Gasteiger charge is 2.02. The molecule has 0 bridgehead atoms. The zero-order chi connectivity index (χ0) is 14.5. The fourth-order valence-corrected chi connectivity index (χ4v) is 1.69. The lowest BCUT2D eigenvalue weighted by Crippen LogP contribution is -2.21. The van der Waals surface area contributed by atoms with Crippen molar-refractivity contribution in [1.29, 1.82) is 5.26 Å². The van der Waals surface area contributed by atoms with E-state index in [2.05, 4.69) is 0 Å². The number of rotatable bonds is 3. The summed E-state index contributed by atoms with van der Waals surface area (Å²) >= 11 is 0. The predicted octanol–water partition coefficient (Wildman–Crippen LogP) is 2.25. The average molecular weight is 266 g/mol. The molecule has 0 aliphatic rings. The maximum absolute atomic E-state index is 12.8. The average Bonchev–Trinajstić information content (AvgIpc) is 2.46. The van der Waals surface area contributed by atoms with Gasteiger partial charge in [0.2, 0.25) is 0 Å². The number of nitrogens with zero attached hydrogens (tertiary/aromatic N) is 1. The van der Waals surface area contributed by atoms with Gasteiger partial charge in [-0.05, 0) is 34.9 Å². The summed E-state index contributed by atoms with van der Waals surface area (Å²) in [6, 6.07) is 13.6. The molecule has 0 aromatic heterocycles. The van der Waals surface area contributed by atoms with Gasteiger partial charge in [0.15, 0.2) is 0 Å². The summed E-state index contributed by atoms with van der Waals surface area (Å²) in [5.41, 5.74) is 1.71. The summed E-state index contributed by atoms with van der Waals surface area (Å²) in [4.78, 5) is 10.6. The number of carboxylic acids is 1. The molecule has 2 aromatic carbocycles. The van der Waals surface area contributed by atoms with Crippen LogP contribution in [0.25, 0.3) is 11.6 Å². The molecule has 0 heterocycles. The summed E-state index contributed by atoms with van der Waals surface area (Å²) in [6.45, 7) is 0. The smallest absolute Gasteiger partial charge is 0.123 e. The molecule has 0 amide bonds. The molecule has 20 heavy (non-hydrogen) atoms. The molecule has 0 saturated heterocycles. The van der Waals surface area contributed by atoms with Crippen molar-refractivity contribution in [3.63, 3.8) is 0 Å². The number of nitriles is 1. The number of carbonyl (C=O) groups is 1. The van der Waals surface area contributed by atoms with E-state index in [0.29, 0.717) is 16.7 Å². The standard InChI is InChI=1S/C16H10FNO2/c17-15-7-5-12(6-8-15)14(10-18)9-11-1-3-13(4-2-11)16(19)20/h1-9H,(H,19,20)/p-1/b14-9-. The van der Waals surface area contributed by atoms with Crippen LogP contribution in [0.15, 0.2) is 48.5 Å². The van der Waals surface area contributed by atoms with E-state index >= 15 is 0 Å². The number of halogens is 1. The molecule has 98 valence electrons. The Morgan fingerprint density at radius 3 is 2.10 bits per heavy atom. The quantitative estimate of drug-likeness (QED) is 0.632. The van der Waals surface area contributed by atoms with E-state index in [1.54, 1.807) is 18.2 Å². The minimum absolute atomic E-state index is 0.0717. The van der Waals surface area contributed by atoms with E-state index in [9.17, 15) is 14.3 Å². The van der Waals surface area contributed by atoms with Crippen molar-refractivity contribution < 1.29 is 14.3 Å². The molecular formula is C16H9FNO2-. The highest BCUT2D eigenvalue weighted by molar-refractivity contribution is 5.90. The lowest BCUT2D eigenvalue weighted by molar-refractivity contribution is -0.255. The van der Waals surface area contributed by atoms with Crippen LogP contribution in [0.4, 0.5) is 4.39 Å². The van der Waals surface area contributed by atoms with Gasteiger partial charge in [0.1, 0.15) is 5.82 Å². The van der Waals surface area contributed by atoms with Crippen LogP contribution < -0.4 is 5.11 Å².